The largest absolute Gasteiger partial charge is 0.507 e. The highest BCUT2D eigenvalue weighted by atomic mass is 16.5. The van der Waals surface area contributed by atoms with Crippen molar-refractivity contribution >= 4 is 23.3 Å². The van der Waals surface area contributed by atoms with Crippen LogP contribution in [0.3, 0.4) is 0 Å². The Morgan fingerprint density at radius 3 is 2.28 bits per heavy atom. The third kappa shape index (κ3) is 3.99. The number of hydrogen-bond acceptors (Lipinski definition) is 5. The summed E-state index contributed by atoms with van der Waals surface area (Å²) in [5, 5.41) is 11.2. The van der Waals surface area contributed by atoms with E-state index in [2.05, 4.69) is 4.98 Å². The molecule has 3 aromatic rings. The lowest BCUT2D eigenvalue weighted by molar-refractivity contribution is -0.132. The molecule has 1 aromatic heterocycles. The van der Waals surface area contributed by atoms with Crippen molar-refractivity contribution in [2.24, 2.45) is 0 Å². The van der Waals surface area contributed by atoms with Crippen molar-refractivity contribution in [2.45, 2.75) is 32.9 Å². The number of aliphatic hydroxyl groups excluding tert-OH is 1. The number of carbonyl (C=O) groups excluding carboxylic acids is 2. The summed E-state index contributed by atoms with van der Waals surface area (Å²) in [4.78, 5) is 31.8. The van der Waals surface area contributed by atoms with Crippen LogP contribution in [0.2, 0.25) is 0 Å². The molecule has 1 N–H and O–H groups in total. The first kappa shape index (κ1) is 21.3. The molecule has 1 fully saturated rings. The molecular formula is C26H24N2O4. The number of aryl methyl sites for hydroxylation is 1. The minimum Gasteiger partial charge on any atom is -0.507 e. The quantitative estimate of drug-likeness (QED) is 0.359. The van der Waals surface area contributed by atoms with E-state index in [0.717, 1.165) is 5.56 Å². The van der Waals surface area contributed by atoms with Gasteiger partial charge >= 0.3 is 5.91 Å². The van der Waals surface area contributed by atoms with E-state index in [9.17, 15) is 14.7 Å². The fourth-order valence-electron chi connectivity index (χ4n) is 3.75. The average Bonchev–Trinajstić information content (AvgIpc) is 3.05. The first-order valence-corrected chi connectivity index (χ1v) is 10.4. The Balaban J connectivity index is 1.85. The van der Waals surface area contributed by atoms with Crippen molar-refractivity contribution < 1.29 is 19.4 Å². The number of amides is 1. The highest BCUT2D eigenvalue weighted by Gasteiger charge is 2.47. The van der Waals surface area contributed by atoms with Crippen molar-refractivity contribution in [3.05, 3.63) is 95.2 Å². The van der Waals surface area contributed by atoms with Gasteiger partial charge in [0.1, 0.15) is 17.3 Å². The summed E-state index contributed by atoms with van der Waals surface area (Å²) in [6.45, 7) is 5.81. The van der Waals surface area contributed by atoms with E-state index < -0.39 is 17.7 Å². The van der Waals surface area contributed by atoms with Gasteiger partial charge in [0.2, 0.25) is 0 Å². The summed E-state index contributed by atoms with van der Waals surface area (Å²) in [5.41, 5.74) is 2.21. The van der Waals surface area contributed by atoms with Gasteiger partial charge in [-0.2, -0.15) is 0 Å². The summed E-state index contributed by atoms with van der Waals surface area (Å²) in [6, 6.07) is 18.7. The van der Waals surface area contributed by atoms with Gasteiger partial charge in [-0.3, -0.25) is 14.5 Å². The van der Waals surface area contributed by atoms with E-state index in [1.54, 1.807) is 48.7 Å². The number of Topliss-reactive ketones (excluding diaryl/α,β-unsaturated/α-hetero) is 1. The van der Waals surface area contributed by atoms with E-state index in [1.807, 2.05) is 45.0 Å². The van der Waals surface area contributed by atoms with Crippen LogP contribution in [0, 0.1) is 6.92 Å². The van der Waals surface area contributed by atoms with Crippen molar-refractivity contribution in [3.63, 3.8) is 0 Å². The van der Waals surface area contributed by atoms with Crippen LogP contribution in [-0.4, -0.2) is 27.9 Å². The number of nitrogens with zero attached hydrogens (tertiary/aromatic N) is 2. The molecule has 6 heteroatoms. The number of aliphatic hydroxyl groups is 1. The molecule has 1 aliphatic rings. The molecule has 162 valence electrons. The second-order valence-electron chi connectivity index (χ2n) is 7.96. The standard InChI is InChI=1S/C26H24N2O4/c1-16(2)32-20-13-11-19(12-14-20)24(29)22-23(18-9-7-17(3)8-10-18)28(26(31)25(22)30)21-6-4-5-15-27-21/h4-16,23,29H,1-3H3/b24-22-. The number of benzene rings is 2. The SMILES string of the molecule is Cc1ccc(C2/C(=C(/O)c3ccc(OC(C)C)cc3)C(=O)C(=O)N2c2ccccn2)cc1. The Morgan fingerprint density at radius 2 is 1.69 bits per heavy atom. The lowest BCUT2D eigenvalue weighted by Gasteiger charge is -2.24. The van der Waals surface area contributed by atoms with E-state index in [4.69, 9.17) is 4.74 Å². The second kappa shape index (κ2) is 8.67. The topological polar surface area (TPSA) is 79.7 Å². The smallest absolute Gasteiger partial charge is 0.301 e. The van der Waals surface area contributed by atoms with Crippen LogP contribution in [-0.2, 0) is 9.59 Å². The zero-order valence-corrected chi connectivity index (χ0v) is 18.1. The lowest BCUT2D eigenvalue weighted by atomic mass is 9.94. The Labute approximate surface area is 186 Å². The highest BCUT2D eigenvalue weighted by Crippen LogP contribution is 2.41. The first-order valence-electron chi connectivity index (χ1n) is 10.4. The van der Waals surface area contributed by atoms with Crippen LogP contribution in [0.5, 0.6) is 5.75 Å². The van der Waals surface area contributed by atoms with Crippen molar-refractivity contribution in [2.75, 3.05) is 4.90 Å². The molecule has 6 nitrogen and oxygen atoms in total. The zero-order valence-electron chi connectivity index (χ0n) is 18.1. The monoisotopic (exact) mass is 428 g/mol. The average molecular weight is 428 g/mol. The Bertz CT molecular complexity index is 1170. The molecule has 1 atom stereocenters. The van der Waals surface area contributed by atoms with Crippen LogP contribution in [0.1, 0.15) is 36.6 Å². The van der Waals surface area contributed by atoms with Crippen LogP contribution < -0.4 is 9.64 Å². The summed E-state index contributed by atoms with van der Waals surface area (Å²) >= 11 is 0. The molecule has 2 heterocycles. The summed E-state index contributed by atoms with van der Waals surface area (Å²) < 4.78 is 5.65. The van der Waals surface area contributed by atoms with Gasteiger partial charge in [-0.1, -0.05) is 35.9 Å². The number of hydrogen-bond donors (Lipinski definition) is 1. The van der Waals surface area contributed by atoms with Crippen LogP contribution in [0.15, 0.2) is 78.5 Å². The summed E-state index contributed by atoms with van der Waals surface area (Å²) in [5.74, 6) is -0.708. The molecule has 32 heavy (non-hydrogen) atoms. The van der Waals surface area contributed by atoms with Gasteiger partial charge in [0.15, 0.2) is 0 Å². The minimum atomic E-state index is -0.794. The predicted octanol–water partition coefficient (Wildman–Crippen LogP) is 4.80. The third-order valence-corrected chi connectivity index (χ3v) is 5.23. The molecule has 0 bridgehead atoms. The number of rotatable bonds is 5. The zero-order chi connectivity index (χ0) is 22.8. The fourth-order valence-corrected chi connectivity index (χ4v) is 3.75. The Kier molecular flexibility index (Phi) is 5.77. The van der Waals surface area contributed by atoms with Crippen molar-refractivity contribution in [3.8, 4) is 5.75 Å². The Morgan fingerprint density at radius 1 is 1.00 bits per heavy atom. The molecular weight excluding hydrogens is 404 g/mol. The molecule has 1 unspecified atom stereocenters. The molecule has 0 saturated carbocycles. The fraction of sp³-hybridized carbons (Fsp3) is 0.192. The van der Waals surface area contributed by atoms with E-state index in [-0.39, 0.29) is 17.4 Å². The van der Waals surface area contributed by atoms with Gasteiger partial charge in [0, 0.05) is 11.8 Å². The third-order valence-electron chi connectivity index (χ3n) is 5.23. The number of ether oxygens (including phenoxy) is 1. The molecule has 4 rings (SSSR count). The van der Waals surface area contributed by atoms with Crippen molar-refractivity contribution in [1.82, 2.24) is 4.98 Å². The number of aromatic nitrogens is 1. The number of ketones is 1. The van der Waals surface area contributed by atoms with Gasteiger partial charge in [-0.25, -0.2) is 4.98 Å². The van der Waals surface area contributed by atoms with Gasteiger partial charge in [0.25, 0.3) is 5.78 Å². The summed E-state index contributed by atoms with van der Waals surface area (Å²) in [7, 11) is 0. The maximum atomic E-state index is 13.1. The van der Waals surface area contributed by atoms with E-state index >= 15 is 0 Å². The maximum absolute atomic E-state index is 13.1. The Hall–Kier alpha value is -3.93. The van der Waals surface area contributed by atoms with Gasteiger partial charge in [-0.15, -0.1) is 0 Å². The number of anilines is 1. The number of pyridine rings is 1. The first-order chi connectivity index (χ1) is 15.4. The second-order valence-corrected chi connectivity index (χ2v) is 7.96. The van der Waals surface area contributed by atoms with E-state index in [1.165, 1.54) is 4.90 Å². The predicted molar refractivity (Wildman–Crippen MR) is 122 cm³/mol. The molecule has 1 aliphatic heterocycles. The van der Waals surface area contributed by atoms with Crippen molar-refractivity contribution in [1.29, 1.82) is 0 Å². The minimum absolute atomic E-state index is 0.0136. The molecule has 0 aliphatic carbocycles. The lowest BCUT2D eigenvalue weighted by Crippen LogP contribution is -2.30. The van der Waals surface area contributed by atoms with Gasteiger partial charge in [-0.05, 0) is 62.7 Å². The van der Waals surface area contributed by atoms with Crippen LogP contribution in [0.4, 0.5) is 5.82 Å². The molecule has 0 spiro atoms. The summed E-state index contributed by atoms with van der Waals surface area (Å²) in [6.07, 6.45) is 1.58. The highest BCUT2D eigenvalue weighted by molar-refractivity contribution is 6.51. The normalized spacial score (nSPS) is 17.8. The van der Waals surface area contributed by atoms with Gasteiger partial charge in [0.05, 0.1) is 17.7 Å². The van der Waals surface area contributed by atoms with E-state index in [0.29, 0.717) is 22.7 Å². The number of carbonyl (C=O) groups is 2. The molecule has 1 amide bonds. The van der Waals surface area contributed by atoms with Gasteiger partial charge < -0.3 is 9.84 Å². The van der Waals surface area contributed by atoms with Crippen LogP contribution in [0.25, 0.3) is 5.76 Å². The maximum Gasteiger partial charge on any atom is 0.301 e. The van der Waals surface area contributed by atoms with Crippen LogP contribution >= 0.6 is 0 Å². The molecule has 0 radical (unpaired) electrons. The molecule has 2 aromatic carbocycles. The molecule has 1 saturated heterocycles.